The van der Waals surface area contributed by atoms with E-state index in [1.165, 1.54) is 0 Å². The van der Waals surface area contributed by atoms with Gasteiger partial charge in [0.05, 0.1) is 23.6 Å². The number of piperidine rings is 1. The molecule has 1 aliphatic rings. The van der Waals surface area contributed by atoms with Gasteiger partial charge < -0.3 is 19.5 Å². The first-order chi connectivity index (χ1) is 13.2. The normalized spacial score (nSPS) is 16.9. The molecule has 1 saturated heterocycles. The number of thiophene rings is 1. The van der Waals surface area contributed by atoms with Gasteiger partial charge in [-0.3, -0.25) is 0 Å². The fourth-order valence-corrected chi connectivity index (χ4v) is 3.86. The summed E-state index contributed by atoms with van der Waals surface area (Å²) < 4.78 is 10.8. The Hall–Kier alpha value is -2.87. The standard InChI is InChI=1S/C19H20N4O3S/c1-25-15-8-3-2-7-14(15)20-19(24)23-10-4-6-13(12-23)18-21-17(22-26-18)16-9-5-11-27-16/h2-3,5,7-9,11,13H,4,6,10,12H2,1H3,(H,20,24). The van der Waals surface area contributed by atoms with Gasteiger partial charge >= 0.3 is 6.03 Å². The minimum atomic E-state index is -0.151. The molecular weight excluding hydrogens is 364 g/mol. The number of methoxy groups -OCH3 is 1. The number of anilines is 1. The Labute approximate surface area is 161 Å². The molecular formula is C19H20N4O3S. The van der Waals surface area contributed by atoms with Crippen molar-refractivity contribution in [1.29, 1.82) is 0 Å². The topological polar surface area (TPSA) is 80.5 Å². The number of carbonyl (C=O) groups is 1. The highest BCUT2D eigenvalue weighted by molar-refractivity contribution is 7.13. The van der Waals surface area contributed by atoms with Gasteiger partial charge in [-0.2, -0.15) is 4.98 Å². The summed E-state index contributed by atoms with van der Waals surface area (Å²) in [6.07, 6.45) is 1.81. The second-order valence-electron chi connectivity index (χ2n) is 6.35. The van der Waals surface area contributed by atoms with Crippen LogP contribution in [0.1, 0.15) is 24.7 Å². The highest BCUT2D eigenvalue weighted by Gasteiger charge is 2.29. The number of nitrogens with zero attached hydrogens (tertiary/aromatic N) is 3. The summed E-state index contributed by atoms with van der Waals surface area (Å²) in [6.45, 7) is 1.25. The average molecular weight is 384 g/mol. The smallest absolute Gasteiger partial charge is 0.321 e. The van der Waals surface area contributed by atoms with Crippen molar-refractivity contribution in [3.05, 3.63) is 47.7 Å². The Morgan fingerprint density at radius 3 is 3.04 bits per heavy atom. The van der Waals surface area contributed by atoms with Gasteiger partial charge in [0.15, 0.2) is 0 Å². The third-order valence-corrected chi connectivity index (χ3v) is 5.46. The average Bonchev–Trinajstić information content (AvgIpc) is 3.40. The molecule has 140 valence electrons. The number of urea groups is 1. The van der Waals surface area contributed by atoms with Gasteiger partial charge in [-0.05, 0) is 36.4 Å². The van der Waals surface area contributed by atoms with E-state index in [4.69, 9.17) is 9.26 Å². The Morgan fingerprint density at radius 2 is 2.22 bits per heavy atom. The highest BCUT2D eigenvalue weighted by atomic mass is 32.1. The van der Waals surface area contributed by atoms with Crippen molar-refractivity contribution in [2.75, 3.05) is 25.5 Å². The molecule has 1 atom stereocenters. The second-order valence-corrected chi connectivity index (χ2v) is 7.30. The molecule has 27 heavy (non-hydrogen) atoms. The number of amides is 2. The molecule has 1 aliphatic heterocycles. The first-order valence-electron chi connectivity index (χ1n) is 8.81. The molecule has 0 spiro atoms. The van der Waals surface area contributed by atoms with Gasteiger partial charge in [0.25, 0.3) is 0 Å². The maximum Gasteiger partial charge on any atom is 0.321 e. The van der Waals surface area contributed by atoms with Gasteiger partial charge in [-0.25, -0.2) is 4.79 Å². The molecule has 1 fully saturated rings. The molecule has 0 aliphatic carbocycles. The first-order valence-corrected chi connectivity index (χ1v) is 9.69. The van der Waals surface area contributed by atoms with Crippen LogP contribution in [0, 0.1) is 0 Å². The highest BCUT2D eigenvalue weighted by Crippen LogP contribution is 2.30. The van der Waals surface area contributed by atoms with E-state index in [-0.39, 0.29) is 11.9 Å². The number of benzene rings is 1. The first kappa shape index (κ1) is 17.5. The van der Waals surface area contributed by atoms with Crippen LogP contribution in [-0.2, 0) is 0 Å². The molecule has 4 rings (SSSR count). The van der Waals surface area contributed by atoms with Crippen molar-refractivity contribution in [2.45, 2.75) is 18.8 Å². The maximum atomic E-state index is 12.7. The van der Waals surface area contributed by atoms with E-state index in [9.17, 15) is 4.79 Å². The predicted octanol–water partition coefficient (Wildman–Crippen LogP) is 4.22. The van der Waals surface area contributed by atoms with Crippen molar-refractivity contribution in [3.63, 3.8) is 0 Å². The van der Waals surface area contributed by atoms with Crippen molar-refractivity contribution in [3.8, 4) is 16.5 Å². The minimum Gasteiger partial charge on any atom is -0.495 e. The van der Waals surface area contributed by atoms with Crippen molar-refractivity contribution >= 4 is 23.1 Å². The number of nitrogens with one attached hydrogen (secondary N) is 1. The third kappa shape index (κ3) is 3.80. The van der Waals surface area contributed by atoms with Crippen LogP contribution in [-0.4, -0.2) is 41.3 Å². The van der Waals surface area contributed by atoms with E-state index in [2.05, 4.69) is 15.5 Å². The molecule has 7 nitrogen and oxygen atoms in total. The van der Waals surface area contributed by atoms with E-state index in [1.807, 2.05) is 41.8 Å². The number of likely N-dealkylation sites (tertiary alicyclic amines) is 1. The van der Waals surface area contributed by atoms with Crippen LogP contribution in [0.25, 0.3) is 10.7 Å². The summed E-state index contributed by atoms with van der Waals surface area (Å²) in [5.41, 5.74) is 0.657. The van der Waals surface area contributed by atoms with Gasteiger partial charge in [0, 0.05) is 13.1 Å². The van der Waals surface area contributed by atoms with Crippen LogP contribution < -0.4 is 10.1 Å². The van der Waals surface area contributed by atoms with Crippen LogP contribution in [0.2, 0.25) is 0 Å². The lowest BCUT2D eigenvalue weighted by Crippen LogP contribution is -2.41. The molecule has 2 amide bonds. The zero-order valence-corrected chi connectivity index (χ0v) is 15.7. The maximum absolute atomic E-state index is 12.7. The van der Waals surface area contributed by atoms with E-state index in [0.29, 0.717) is 36.2 Å². The number of hydrogen-bond acceptors (Lipinski definition) is 6. The molecule has 0 bridgehead atoms. The fourth-order valence-electron chi connectivity index (χ4n) is 3.21. The van der Waals surface area contributed by atoms with Crippen LogP contribution in [0.15, 0.2) is 46.3 Å². The Balaban J connectivity index is 1.44. The Bertz CT molecular complexity index is 909. The van der Waals surface area contributed by atoms with Crippen LogP contribution in [0.4, 0.5) is 10.5 Å². The largest absolute Gasteiger partial charge is 0.495 e. The SMILES string of the molecule is COc1ccccc1NC(=O)N1CCCC(c2nc(-c3cccs3)no2)C1. The fraction of sp³-hybridized carbons (Fsp3) is 0.316. The minimum absolute atomic E-state index is 0.0448. The lowest BCUT2D eigenvalue weighted by molar-refractivity contribution is 0.184. The van der Waals surface area contributed by atoms with E-state index in [1.54, 1.807) is 23.3 Å². The van der Waals surface area contributed by atoms with Gasteiger partial charge in [0.1, 0.15) is 5.75 Å². The zero-order chi connectivity index (χ0) is 18.6. The molecule has 0 saturated carbocycles. The molecule has 8 heteroatoms. The molecule has 1 aromatic carbocycles. The summed E-state index contributed by atoms with van der Waals surface area (Å²) in [5.74, 6) is 1.88. The molecule has 0 radical (unpaired) electrons. The number of carbonyl (C=O) groups excluding carboxylic acids is 1. The number of ether oxygens (including phenoxy) is 1. The summed E-state index contributed by atoms with van der Waals surface area (Å²) in [5, 5.41) is 8.99. The lowest BCUT2D eigenvalue weighted by atomic mass is 9.98. The molecule has 3 heterocycles. The molecule has 2 aromatic heterocycles. The number of aromatic nitrogens is 2. The Kier molecular flexibility index (Phi) is 5.06. The van der Waals surface area contributed by atoms with Crippen molar-refractivity contribution < 1.29 is 14.1 Å². The quantitative estimate of drug-likeness (QED) is 0.728. The summed E-state index contributed by atoms with van der Waals surface area (Å²) >= 11 is 1.57. The number of rotatable bonds is 4. The summed E-state index contributed by atoms with van der Waals surface area (Å²) in [7, 11) is 1.59. The molecule has 1 unspecified atom stereocenters. The second kappa shape index (κ2) is 7.79. The van der Waals surface area contributed by atoms with Gasteiger partial charge in [-0.15, -0.1) is 11.3 Å². The molecule has 3 aromatic rings. The van der Waals surface area contributed by atoms with Gasteiger partial charge in [0.2, 0.25) is 11.7 Å². The van der Waals surface area contributed by atoms with E-state index < -0.39 is 0 Å². The number of para-hydroxylation sites is 2. The summed E-state index contributed by atoms with van der Waals surface area (Å²) in [4.78, 5) is 20.0. The number of hydrogen-bond donors (Lipinski definition) is 1. The van der Waals surface area contributed by atoms with E-state index >= 15 is 0 Å². The van der Waals surface area contributed by atoms with Crippen LogP contribution >= 0.6 is 11.3 Å². The van der Waals surface area contributed by atoms with Crippen molar-refractivity contribution in [1.82, 2.24) is 15.0 Å². The van der Waals surface area contributed by atoms with Crippen molar-refractivity contribution in [2.24, 2.45) is 0 Å². The summed E-state index contributed by atoms with van der Waals surface area (Å²) in [6, 6.07) is 11.1. The van der Waals surface area contributed by atoms with Crippen LogP contribution in [0.3, 0.4) is 0 Å². The molecule has 1 N–H and O–H groups in total. The predicted molar refractivity (Wildman–Crippen MR) is 103 cm³/mol. The Morgan fingerprint density at radius 1 is 1.33 bits per heavy atom. The monoisotopic (exact) mass is 384 g/mol. The zero-order valence-electron chi connectivity index (χ0n) is 14.9. The third-order valence-electron chi connectivity index (χ3n) is 4.59. The van der Waals surface area contributed by atoms with Crippen LogP contribution in [0.5, 0.6) is 5.75 Å². The lowest BCUT2D eigenvalue weighted by Gasteiger charge is -2.31. The van der Waals surface area contributed by atoms with E-state index in [0.717, 1.165) is 17.7 Å². The van der Waals surface area contributed by atoms with Gasteiger partial charge in [-0.1, -0.05) is 23.4 Å².